The van der Waals surface area contributed by atoms with Crippen LogP contribution < -0.4 is 4.90 Å². The molecule has 0 unspecified atom stereocenters. The lowest BCUT2D eigenvalue weighted by Gasteiger charge is -2.21. The standard InChI is InChI=1S/C12H16ClN3O2/c1-15(8-9-4-2-3-5-9)12-10(16(17)18)6-7-11(13)14-12/h6-7,9H,2-5,8H2,1H3. The van der Waals surface area contributed by atoms with Crippen molar-refractivity contribution in [1.29, 1.82) is 0 Å². The van der Waals surface area contributed by atoms with E-state index in [1.807, 2.05) is 11.9 Å². The second kappa shape index (κ2) is 5.52. The summed E-state index contributed by atoms with van der Waals surface area (Å²) in [5.74, 6) is 0.967. The Morgan fingerprint density at radius 3 is 2.78 bits per heavy atom. The lowest BCUT2D eigenvalue weighted by atomic mass is 10.1. The maximum atomic E-state index is 11.0. The molecule has 2 rings (SSSR count). The van der Waals surface area contributed by atoms with Crippen LogP contribution in [0.25, 0.3) is 0 Å². The van der Waals surface area contributed by atoms with Gasteiger partial charge in [-0.3, -0.25) is 10.1 Å². The Labute approximate surface area is 111 Å². The van der Waals surface area contributed by atoms with Crippen LogP contribution in [-0.4, -0.2) is 23.5 Å². The first-order valence-electron chi connectivity index (χ1n) is 6.10. The number of nitro groups is 1. The molecule has 18 heavy (non-hydrogen) atoms. The van der Waals surface area contributed by atoms with Crippen molar-refractivity contribution in [2.75, 3.05) is 18.5 Å². The zero-order valence-electron chi connectivity index (χ0n) is 10.3. The van der Waals surface area contributed by atoms with E-state index < -0.39 is 4.92 Å². The minimum atomic E-state index is -0.413. The number of pyridine rings is 1. The predicted octanol–water partition coefficient (Wildman–Crippen LogP) is 3.27. The van der Waals surface area contributed by atoms with E-state index in [1.165, 1.54) is 37.8 Å². The Morgan fingerprint density at radius 1 is 1.50 bits per heavy atom. The Kier molecular flexibility index (Phi) is 4.01. The number of anilines is 1. The number of hydrogen-bond donors (Lipinski definition) is 0. The third kappa shape index (κ3) is 2.90. The van der Waals surface area contributed by atoms with Gasteiger partial charge >= 0.3 is 5.69 Å². The molecule has 0 spiro atoms. The Bertz CT molecular complexity index is 447. The predicted molar refractivity (Wildman–Crippen MR) is 71.1 cm³/mol. The normalized spacial score (nSPS) is 15.9. The van der Waals surface area contributed by atoms with Gasteiger partial charge in [-0.15, -0.1) is 0 Å². The molecule has 6 heteroatoms. The molecule has 1 heterocycles. The first kappa shape index (κ1) is 13.1. The molecule has 1 saturated carbocycles. The van der Waals surface area contributed by atoms with E-state index in [1.54, 1.807) is 0 Å². The highest BCUT2D eigenvalue weighted by Gasteiger charge is 2.23. The smallest absolute Gasteiger partial charge is 0.311 e. The second-order valence-corrected chi connectivity index (χ2v) is 5.15. The van der Waals surface area contributed by atoms with E-state index in [0.717, 1.165) is 6.54 Å². The van der Waals surface area contributed by atoms with Gasteiger partial charge in [-0.2, -0.15) is 0 Å². The first-order valence-corrected chi connectivity index (χ1v) is 6.48. The molecule has 98 valence electrons. The van der Waals surface area contributed by atoms with Crippen LogP contribution in [0.5, 0.6) is 0 Å². The van der Waals surface area contributed by atoms with Crippen molar-refractivity contribution in [1.82, 2.24) is 4.98 Å². The van der Waals surface area contributed by atoms with E-state index in [2.05, 4.69) is 4.98 Å². The average Bonchev–Trinajstić information content (AvgIpc) is 2.81. The van der Waals surface area contributed by atoms with Crippen LogP contribution in [0.15, 0.2) is 12.1 Å². The molecule has 1 aromatic rings. The summed E-state index contributed by atoms with van der Waals surface area (Å²) in [6, 6.07) is 2.86. The highest BCUT2D eigenvalue weighted by atomic mass is 35.5. The topological polar surface area (TPSA) is 59.3 Å². The van der Waals surface area contributed by atoms with E-state index in [-0.39, 0.29) is 10.8 Å². The van der Waals surface area contributed by atoms with Gasteiger partial charge in [-0.25, -0.2) is 4.98 Å². The van der Waals surface area contributed by atoms with Crippen molar-refractivity contribution in [2.45, 2.75) is 25.7 Å². The molecule has 0 amide bonds. The zero-order valence-corrected chi connectivity index (χ0v) is 11.1. The fourth-order valence-corrected chi connectivity index (χ4v) is 2.65. The Morgan fingerprint density at radius 2 is 2.17 bits per heavy atom. The summed E-state index contributed by atoms with van der Waals surface area (Å²) in [6.45, 7) is 0.800. The van der Waals surface area contributed by atoms with Crippen LogP contribution in [0.1, 0.15) is 25.7 Å². The van der Waals surface area contributed by atoms with Gasteiger partial charge in [0.15, 0.2) is 0 Å². The second-order valence-electron chi connectivity index (χ2n) is 4.76. The molecule has 1 aromatic heterocycles. The number of halogens is 1. The molecular formula is C12H16ClN3O2. The van der Waals surface area contributed by atoms with Gasteiger partial charge in [0.2, 0.25) is 5.82 Å². The van der Waals surface area contributed by atoms with Crippen LogP contribution in [0.3, 0.4) is 0 Å². The number of rotatable bonds is 4. The van der Waals surface area contributed by atoms with Crippen LogP contribution >= 0.6 is 11.6 Å². The van der Waals surface area contributed by atoms with Crippen LogP contribution in [0.4, 0.5) is 11.5 Å². The van der Waals surface area contributed by atoms with Crippen molar-refractivity contribution in [3.05, 3.63) is 27.4 Å². The van der Waals surface area contributed by atoms with Crippen molar-refractivity contribution in [2.24, 2.45) is 5.92 Å². The van der Waals surface area contributed by atoms with Gasteiger partial charge in [-0.1, -0.05) is 24.4 Å². The molecule has 0 N–H and O–H groups in total. The monoisotopic (exact) mass is 269 g/mol. The maximum absolute atomic E-state index is 11.0. The molecule has 1 fully saturated rings. The molecule has 1 aliphatic rings. The van der Waals surface area contributed by atoms with Gasteiger partial charge in [0.05, 0.1) is 4.92 Å². The molecule has 0 aromatic carbocycles. The molecule has 5 nitrogen and oxygen atoms in total. The SMILES string of the molecule is CN(CC1CCCC1)c1nc(Cl)ccc1[N+](=O)[O-]. The maximum Gasteiger partial charge on any atom is 0.311 e. The fraction of sp³-hybridized carbons (Fsp3) is 0.583. The molecule has 0 bridgehead atoms. The van der Waals surface area contributed by atoms with E-state index >= 15 is 0 Å². The minimum absolute atomic E-state index is 0.0138. The Hall–Kier alpha value is -1.36. The molecular weight excluding hydrogens is 254 g/mol. The highest BCUT2D eigenvalue weighted by molar-refractivity contribution is 6.29. The quantitative estimate of drug-likeness (QED) is 0.478. The van der Waals surface area contributed by atoms with Gasteiger partial charge in [0, 0.05) is 19.7 Å². The van der Waals surface area contributed by atoms with E-state index in [0.29, 0.717) is 11.7 Å². The van der Waals surface area contributed by atoms with Crippen molar-refractivity contribution in [3.63, 3.8) is 0 Å². The summed E-state index contributed by atoms with van der Waals surface area (Å²) in [7, 11) is 1.84. The molecule has 0 saturated heterocycles. The summed E-state index contributed by atoms with van der Waals surface area (Å²) >= 11 is 5.82. The van der Waals surface area contributed by atoms with Gasteiger partial charge in [0.1, 0.15) is 5.15 Å². The summed E-state index contributed by atoms with van der Waals surface area (Å²) < 4.78 is 0. The van der Waals surface area contributed by atoms with Crippen molar-refractivity contribution in [3.8, 4) is 0 Å². The number of hydrogen-bond acceptors (Lipinski definition) is 4. The van der Waals surface area contributed by atoms with Gasteiger partial charge in [0.25, 0.3) is 0 Å². The highest BCUT2D eigenvalue weighted by Crippen LogP contribution is 2.30. The van der Waals surface area contributed by atoms with E-state index in [9.17, 15) is 10.1 Å². The molecule has 0 atom stereocenters. The third-order valence-corrected chi connectivity index (χ3v) is 3.60. The summed E-state index contributed by atoms with van der Waals surface area (Å²) in [4.78, 5) is 16.5. The number of nitrogens with zero attached hydrogens (tertiary/aromatic N) is 3. The lowest BCUT2D eigenvalue weighted by Crippen LogP contribution is -2.25. The Balaban J connectivity index is 2.19. The fourth-order valence-electron chi connectivity index (χ4n) is 2.51. The molecule has 1 aliphatic carbocycles. The van der Waals surface area contributed by atoms with Crippen LogP contribution in [0, 0.1) is 16.0 Å². The van der Waals surface area contributed by atoms with Gasteiger partial charge in [-0.05, 0) is 24.8 Å². The van der Waals surface area contributed by atoms with Crippen molar-refractivity contribution < 1.29 is 4.92 Å². The summed E-state index contributed by atoms with van der Waals surface area (Å²) in [5.41, 5.74) is 0.0138. The summed E-state index contributed by atoms with van der Waals surface area (Å²) in [5, 5.41) is 11.3. The van der Waals surface area contributed by atoms with Crippen LogP contribution in [0.2, 0.25) is 5.15 Å². The molecule has 0 radical (unpaired) electrons. The van der Waals surface area contributed by atoms with Gasteiger partial charge < -0.3 is 4.90 Å². The summed E-state index contributed by atoms with van der Waals surface area (Å²) in [6.07, 6.45) is 4.89. The number of aromatic nitrogens is 1. The molecule has 0 aliphatic heterocycles. The lowest BCUT2D eigenvalue weighted by molar-refractivity contribution is -0.384. The van der Waals surface area contributed by atoms with E-state index in [4.69, 9.17) is 11.6 Å². The van der Waals surface area contributed by atoms with Crippen molar-refractivity contribution >= 4 is 23.1 Å². The average molecular weight is 270 g/mol. The zero-order chi connectivity index (χ0) is 13.1. The first-order chi connectivity index (χ1) is 8.58. The minimum Gasteiger partial charge on any atom is -0.354 e. The third-order valence-electron chi connectivity index (χ3n) is 3.39. The largest absolute Gasteiger partial charge is 0.354 e. The van der Waals surface area contributed by atoms with Crippen LogP contribution in [-0.2, 0) is 0 Å².